The van der Waals surface area contributed by atoms with Gasteiger partial charge in [0.2, 0.25) is 10.0 Å². The van der Waals surface area contributed by atoms with Crippen molar-refractivity contribution in [2.45, 2.75) is 31.8 Å². The van der Waals surface area contributed by atoms with Gasteiger partial charge in [0.05, 0.1) is 6.54 Å². The number of sulfonamides is 1. The third-order valence-corrected chi connectivity index (χ3v) is 5.11. The Bertz CT molecular complexity index is 999. The van der Waals surface area contributed by atoms with Crippen LogP contribution in [0.1, 0.15) is 19.7 Å². The molecule has 1 N–H and O–H groups in total. The number of hydrogen-bond donors (Lipinski definition) is 1. The minimum atomic E-state index is -3.97. The van der Waals surface area contributed by atoms with Crippen LogP contribution in [0.25, 0.3) is 11.2 Å². The lowest BCUT2D eigenvalue weighted by Gasteiger charge is -2.12. The Morgan fingerprint density at radius 3 is 2.68 bits per heavy atom. The van der Waals surface area contributed by atoms with E-state index in [2.05, 4.69) is 28.5 Å². The summed E-state index contributed by atoms with van der Waals surface area (Å²) in [5.41, 5.74) is 1.40. The van der Waals surface area contributed by atoms with Crippen LogP contribution in [0.2, 0.25) is 0 Å². The van der Waals surface area contributed by atoms with Gasteiger partial charge in [-0.15, -0.1) is 0 Å². The quantitative estimate of drug-likeness (QED) is 0.731. The molecule has 0 aliphatic rings. The lowest BCUT2D eigenvalue weighted by atomic mass is 10.2. The summed E-state index contributed by atoms with van der Waals surface area (Å²) in [5, 5.41) is 0. The molecule has 0 saturated carbocycles. The average molecular weight is 362 g/mol. The fourth-order valence-electron chi connectivity index (χ4n) is 2.60. The van der Waals surface area contributed by atoms with E-state index in [0.717, 1.165) is 6.07 Å². The maximum Gasteiger partial charge on any atom is 0.243 e. The SMILES string of the molecule is CC(C)Cn1c(CNS(=O)(=O)c2ccccc2F)nc2cccnc21. The van der Waals surface area contributed by atoms with Gasteiger partial charge in [-0.25, -0.2) is 27.5 Å². The maximum absolute atomic E-state index is 13.8. The molecule has 0 aliphatic heterocycles. The molecule has 132 valence electrons. The number of fused-ring (bicyclic) bond motifs is 1. The van der Waals surface area contributed by atoms with Gasteiger partial charge in [-0.05, 0) is 30.2 Å². The highest BCUT2D eigenvalue weighted by Crippen LogP contribution is 2.17. The van der Waals surface area contributed by atoms with Gasteiger partial charge in [0.25, 0.3) is 0 Å². The number of benzene rings is 1. The molecule has 0 saturated heterocycles. The zero-order valence-corrected chi connectivity index (χ0v) is 14.8. The Morgan fingerprint density at radius 1 is 1.20 bits per heavy atom. The summed E-state index contributed by atoms with van der Waals surface area (Å²) in [6.07, 6.45) is 1.67. The predicted octanol–water partition coefficient (Wildman–Crippen LogP) is 2.70. The predicted molar refractivity (Wildman–Crippen MR) is 92.8 cm³/mol. The number of nitrogens with zero attached hydrogens (tertiary/aromatic N) is 3. The van der Waals surface area contributed by atoms with Crippen molar-refractivity contribution in [3.63, 3.8) is 0 Å². The van der Waals surface area contributed by atoms with Crippen molar-refractivity contribution in [3.8, 4) is 0 Å². The standard InChI is InChI=1S/C17H19FN4O2S/c1-12(2)11-22-16(21-14-7-5-9-19-17(14)22)10-20-25(23,24)15-8-4-3-6-13(15)18/h3-9,12,20H,10-11H2,1-2H3. The van der Waals surface area contributed by atoms with Crippen LogP contribution in [0.3, 0.4) is 0 Å². The van der Waals surface area contributed by atoms with Crippen molar-refractivity contribution in [3.05, 3.63) is 54.2 Å². The van der Waals surface area contributed by atoms with Gasteiger partial charge in [0.1, 0.15) is 22.1 Å². The van der Waals surface area contributed by atoms with E-state index in [1.54, 1.807) is 12.3 Å². The molecule has 1 aromatic carbocycles. The Labute approximate surface area is 145 Å². The molecule has 0 aliphatic carbocycles. The topological polar surface area (TPSA) is 76.9 Å². The van der Waals surface area contributed by atoms with Gasteiger partial charge in [0.15, 0.2) is 5.65 Å². The summed E-state index contributed by atoms with van der Waals surface area (Å²) < 4.78 is 42.8. The minimum absolute atomic E-state index is 0.0419. The Morgan fingerprint density at radius 2 is 1.96 bits per heavy atom. The Kier molecular flexibility index (Phi) is 4.82. The van der Waals surface area contributed by atoms with E-state index < -0.39 is 15.8 Å². The van der Waals surface area contributed by atoms with Crippen LogP contribution in [0.15, 0.2) is 47.5 Å². The zero-order valence-electron chi connectivity index (χ0n) is 14.0. The molecule has 0 atom stereocenters. The van der Waals surface area contributed by atoms with Gasteiger partial charge in [-0.1, -0.05) is 26.0 Å². The molecular formula is C17H19FN4O2S. The Balaban J connectivity index is 1.92. The fourth-order valence-corrected chi connectivity index (χ4v) is 3.65. The van der Waals surface area contributed by atoms with Gasteiger partial charge >= 0.3 is 0 Å². The number of aromatic nitrogens is 3. The number of hydrogen-bond acceptors (Lipinski definition) is 4. The molecule has 0 fully saturated rings. The summed E-state index contributed by atoms with van der Waals surface area (Å²) in [4.78, 5) is 8.42. The smallest absolute Gasteiger partial charge is 0.243 e. The first kappa shape index (κ1) is 17.5. The molecule has 25 heavy (non-hydrogen) atoms. The second-order valence-electron chi connectivity index (χ2n) is 6.13. The second kappa shape index (κ2) is 6.89. The van der Waals surface area contributed by atoms with Gasteiger partial charge in [0, 0.05) is 12.7 Å². The van der Waals surface area contributed by atoms with Crippen LogP contribution in [-0.4, -0.2) is 23.0 Å². The number of nitrogens with one attached hydrogen (secondary N) is 1. The molecule has 3 rings (SSSR count). The number of halogens is 1. The molecule has 8 heteroatoms. The van der Waals surface area contributed by atoms with E-state index in [4.69, 9.17) is 0 Å². The van der Waals surface area contributed by atoms with E-state index in [-0.39, 0.29) is 11.4 Å². The van der Waals surface area contributed by atoms with Crippen molar-refractivity contribution < 1.29 is 12.8 Å². The largest absolute Gasteiger partial charge is 0.311 e. The fraction of sp³-hybridized carbons (Fsp3) is 0.294. The molecule has 0 bridgehead atoms. The normalized spacial score (nSPS) is 12.2. The van der Waals surface area contributed by atoms with Crippen molar-refractivity contribution in [2.24, 2.45) is 5.92 Å². The summed E-state index contributed by atoms with van der Waals surface area (Å²) in [6.45, 7) is 4.73. The molecule has 0 spiro atoms. The summed E-state index contributed by atoms with van der Waals surface area (Å²) in [7, 11) is -3.97. The van der Waals surface area contributed by atoms with Crippen molar-refractivity contribution in [2.75, 3.05) is 0 Å². The molecular weight excluding hydrogens is 343 g/mol. The highest BCUT2D eigenvalue weighted by atomic mass is 32.2. The number of pyridine rings is 1. The highest BCUT2D eigenvalue weighted by Gasteiger charge is 2.20. The lowest BCUT2D eigenvalue weighted by molar-refractivity contribution is 0.509. The monoisotopic (exact) mass is 362 g/mol. The third-order valence-electron chi connectivity index (χ3n) is 3.68. The van der Waals surface area contributed by atoms with Crippen LogP contribution in [-0.2, 0) is 23.1 Å². The van der Waals surface area contributed by atoms with Crippen LogP contribution >= 0.6 is 0 Å². The van der Waals surface area contributed by atoms with Gasteiger partial charge in [-0.3, -0.25) is 0 Å². The number of rotatable bonds is 6. The highest BCUT2D eigenvalue weighted by molar-refractivity contribution is 7.89. The van der Waals surface area contributed by atoms with Crippen LogP contribution in [0.4, 0.5) is 4.39 Å². The molecule has 0 amide bonds. The first-order valence-corrected chi connectivity index (χ1v) is 9.41. The average Bonchev–Trinajstić information content (AvgIpc) is 2.91. The molecule has 3 aromatic rings. The molecule has 0 unspecified atom stereocenters. The van der Waals surface area contributed by atoms with Crippen LogP contribution in [0, 0.1) is 11.7 Å². The molecule has 2 heterocycles. The van der Waals surface area contributed by atoms with E-state index in [1.807, 2.05) is 10.6 Å². The minimum Gasteiger partial charge on any atom is -0.311 e. The lowest BCUT2D eigenvalue weighted by Crippen LogP contribution is -2.26. The van der Waals surface area contributed by atoms with Crippen molar-refractivity contribution >= 4 is 21.2 Å². The number of imidazole rings is 1. The Hall–Kier alpha value is -2.32. The van der Waals surface area contributed by atoms with Crippen LogP contribution in [0.5, 0.6) is 0 Å². The first-order valence-electron chi connectivity index (χ1n) is 7.93. The summed E-state index contributed by atoms with van der Waals surface area (Å²) in [6, 6.07) is 8.89. The van der Waals surface area contributed by atoms with Crippen LogP contribution < -0.4 is 4.72 Å². The van der Waals surface area contributed by atoms with Gasteiger partial charge in [-0.2, -0.15) is 0 Å². The molecule has 0 radical (unpaired) electrons. The summed E-state index contributed by atoms with van der Waals surface area (Å²) >= 11 is 0. The molecule has 2 aromatic heterocycles. The van der Waals surface area contributed by atoms with Gasteiger partial charge < -0.3 is 4.57 Å². The first-order chi connectivity index (χ1) is 11.9. The van der Waals surface area contributed by atoms with E-state index in [9.17, 15) is 12.8 Å². The summed E-state index contributed by atoms with van der Waals surface area (Å²) in [5.74, 6) is 0.0935. The van der Waals surface area contributed by atoms with Crippen molar-refractivity contribution in [1.29, 1.82) is 0 Å². The van der Waals surface area contributed by atoms with Crippen molar-refractivity contribution in [1.82, 2.24) is 19.3 Å². The van der Waals surface area contributed by atoms with E-state index in [1.165, 1.54) is 18.2 Å². The zero-order chi connectivity index (χ0) is 18.0. The third kappa shape index (κ3) is 3.69. The maximum atomic E-state index is 13.8. The second-order valence-corrected chi connectivity index (χ2v) is 7.87. The molecule has 6 nitrogen and oxygen atoms in total. The van der Waals surface area contributed by atoms with E-state index >= 15 is 0 Å². The van der Waals surface area contributed by atoms with E-state index in [0.29, 0.717) is 29.5 Å².